The van der Waals surface area contributed by atoms with Crippen molar-refractivity contribution < 1.29 is 14.3 Å². The molecule has 0 aliphatic heterocycles. The first kappa shape index (κ1) is 16.6. The van der Waals surface area contributed by atoms with Crippen LogP contribution in [0, 0.1) is 6.92 Å². The van der Waals surface area contributed by atoms with Crippen LogP contribution in [0.1, 0.15) is 16.1 Å². The summed E-state index contributed by atoms with van der Waals surface area (Å²) in [6, 6.07) is 14.7. The second-order valence-electron chi connectivity index (χ2n) is 5.49. The Morgan fingerprint density at radius 1 is 1.04 bits per heavy atom. The Hall–Kier alpha value is -3.28. The van der Waals surface area contributed by atoms with Gasteiger partial charge in [-0.1, -0.05) is 30.3 Å². The molecule has 1 amide bonds. The van der Waals surface area contributed by atoms with Gasteiger partial charge in [-0.25, -0.2) is 0 Å². The number of aryl methyl sites for hydroxylation is 1. The summed E-state index contributed by atoms with van der Waals surface area (Å²) in [6.07, 6.45) is 0. The summed E-state index contributed by atoms with van der Waals surface area (Å²) < 4.78 is 10.4. The van der Waals surface area contributed by atoms with Gasteiger partial charge in [-0.2, -0.15) is 5.10 Å². The Morgan fingerprint density at radius 2 is 1.68 bits per heavy atom. The number of carbonyl (C=O) groups is 1. The van der Waals surface area contributed by atoms with E-state index in [1.165, 1.54) is 0 Å². The lowest BCUT2D eigenvalue weighted by molar-refractivity contribution is 0.102. The molecule has 25 heavy (non-hydrogen) atoms. The molecule has 0 fully saturated rings. The number of anilines is 1. The van der Waals surface area contributed by atoms with Gasteiger partial charge in [-0.3, -0.25) is 9.89 Å². The van der Waals surface area contributed by atoms with Crippen LogP contribution in [0.5, 0.6) is 11.5 Å². The lowest BCUT2D eigenvalue weighted by Crippen LogP contribution is -2.13. The Bertz CT molecular complexity index is 866. The summed E-state index contributed by atoms with van der Waals surface area (Å²) in [4.78, 5) is 12.7. The van der Waals surface area contributed by atoms with Crippen LogP contribution in [-0.2, 0) is 0 Å². The topological polar surface area (TPSA) is 76.2 Å². The highest BCUT2D eigenvalue weighted by Gasteiger charge is 2.17. The first-order chi connectivity index (χ1) is 12.1. The van der Waals surface area contributed by atoms with Gasteiger partial charge in [0, 0.05) is 17.2 Å². The zero-order chi connectivity index (χ0) is 17.8. The van der Waals surface area contributed by atoms with Gasteiger partial charge in [0.25, 0.3) is 5.91 Å². The van der Waals surface area contributed by atoms with Gasteiger partial charge in [0.15, 0.2) is 0 Å². The smallest absolute Gasteiger partial charge is 0.256 e. The fourth-order valence-electron chi connectivity index (χ4n) is 2.51. The Kier molecular flexibility index (Phi) is 4.70. The highest BCUT2D eigenvalue weighted by molar-refractivity contribution is 6.06. The number of hydrogen-bond acceptors (Lipinski definition) is 4. The van der Waals surface area contributed by atoms with Crippen LogP contribution >= 0.6 is 0 Å². The minimum Gasteiger partial charge on any atom is -0.497 e. The number of aromatic nitrogens is 2. The van der Waals surface area contributed by atoms with Crippen LogP contribution in [0.4, 0.5) is 5.69 Å². The van der Waals surface area contributed by atoms with E-state index in [1.807, 2.05) is 37.3 Å². The van der Waals surface area contributed by atoms with E-state index in [2.05, 4.69) is 15.5 Å². The number of nitrogens with zero attached hydrogens (tertiary/aromatic N) is 1. The number of amides is 1. The van der Waals surface area contributed by atoms with Crippen LogP contribution in [-0.4, -0.2) is 30.3 Å². The summed E-state index contributed by atoms with van der Waals surface area (Å²) in [7, 11) is 3.09. The molecule has 0 atom stereocenters. The van der Waals surface area contributed by atoms with Crippen LogP contribution in [0.25, 0.3) is 11.3 Å². The lowest BCUT2D eigenvalue weighted by Gasteiger charge is -2.10. The first-order valence-electron chi connectivity index (χ1n) is 7.77. The minimum absolute atomic E-state index is 0.265. The third kappa shape index (κ3) is 3.47. The van der Waals surface area contributed by atoms with Crippen molar-refractivity contribution in [2.75, 3.05) is 19.5 Å². The van der Waals surface area contributed by atoms with E-state index in [0.29, 0.717) is 28.4 Å². The van der Waals surface area contributed by atoms with E-state index in [1.54, 1.807) is 32.4 Å². The largest absolute Gasteiger partial charge is 0.497 e. The number of aromatic amines is 1. The van der Waals surface area contributed by atoms with E-state index in [4.69, 9.17) is 9.47 Å². The maximum absolute atomic E-state index is 12.7. The Morgan fingerprint density at radius 3 is 2.28 bits per heavy atom. The first-order valence-corrected chi connectivity index (χ1v) is 7.77. The molecule has 3 aromatic rings. The third-order valence-electron chi connectivity index (χ3n) is 3.85. The number of hydrogen-bond donors (Lipinski definition) is 2. The van der Waals surface area contributed by atoms with Crippen molar-refractivity contribution >= 4 is 11.6 Å². The normalized spacial score (nSPS) is 10.4. The van der Waals surface area contributed by atoms with Gasteiger partial charge in [-0.15, -0.1) is 0 Å². The molecule has 6 heteroatoms. The van der Waals surface area contributed by atoms with E-state index in [0.717, 1.165) is 11.3 Å². The number of H-pyrrole nitrogens is 1. The molecule has 1 aromatic heterocycles. The van der Waals surface area contributed by atoms with Crippen molar-refractivity contribution in [3.8, 4) is 22.8 Å². The Balaban J connectivity index is 1.93. The zero-order valence-corrected chi connectivity index (χ0v) is 14.3. The SMILES string of the molecule is COc1cc(OC)cc(C(=O)Nc2c(-c3ccccc3)n[nH]c2C)c1. The van der Waals surface area contributed by atoms with Crippen molar-refractivity contribution in [1.82, 2.24) is 10.2 Å². The number of rotatable bonds is 5. The van der Waals surface area contributed by atoms with E-state index < -0.39 is 0 Å². The number of benzene rings is 2. The van der Waals surface area contributed by atoms with Crippen LogP contribution < -0.4 is 14.8 Å². The monoisotopic (exact) mass is 337 g/mol. The molecule has 0 unspecified atom stereocenters. The molecular weight excluding hydrogens is 318 g/mol. The van der Waals surface area contributed by atoms with E-state index >= 15 is 0 Å². The van der Waals surface area contributed by atoms with Gasteiger partial charge in [-0.05, 0) is 19.1 Å². The average molecular weight is 337 g/mol. The fourth-order valence-corrected chi connectivity index (χ4v) is 2.51. The molecule has 3 rings (SSSR count). The van der Waals surface area contributed by atoms with Gasteiger partial charge in [0.2, 0.25) is 0 Å². The third-order valence-corrected chi connectivity index (χ3v) is 3.85. The van der Waals surface area contributed by atoms with Crippen LogP contribution in [0.2, 0.25) is 0 Å². The van der Waals surface area contributed by atoms with Crippen molar-refractivity contribution in [2.24, 2.45) is 0 Å². The van der Waals surface area contributed by atoms with Crippen molar-refractivity contribution in [2.45, 2.75) is 6.92 Å². The Labute approximate surface area is 145 Å². The molecular formula is C19H19N3O3. The van der Waals surface area contributed by atoms with Gasteiger partial charge in [0.1, 0.15) is 17.2 Å². The second-order valence-corrected chi connectivity index (χ2v) is 5.49. The van der Waals surface area contributed by atoms with Gasteiger partial charge >= 0.3 is 0 Å². The molecule has 1 heterocycles. The minimum atomic E-state index is -0.265. The maximum atomic E-state index is 12.7. The predicted molar refractivity (Wildman–Crippen MR) is 96.3 cm³/mol. The highest BCUT2D eigenvalue weighted by Crippen LogP contribution is 2.29. The second kappa shape index (κ2) is 7.09. The molecule has 2 N–H and O–H groups in total. The van der Waals surface area contributed by atoms with E-state index in [9.17, 15) is 4.79 Å². The summed E-state index contributed by atoms with van der Waals surface area (Å²) in [5.41, 5.74) is 3.49. The predicted octanol–water partition coefficient (Wildman–Crippen LogP) is 3.65. The lowest BCUT2D eigenvalue weighted by atomic mass is 10.1. The molecule has 0 radical (unpaired) electrons. The van der Waals surface area contributed by atoms with Crippen molar-refractivity contribution in [1.29, 1.82) is 0 Å². The highest BCUT2D eigenvalue weighted by atomic mass is 16.5. The summed E-state index contributed by atoms with van der Waals surface area (Å²) in [5.74, 6) is 0.840. The maximum Gasteiger partial charge on any atom is 0.256 e. The van der Waals surface area contributed by atoms with Gasteiger partial charge in [0.05, 0.1) is 25.6 Å². The number of carbonyl (C=O) groups excluding carboxylic acids is 1. The summed E-state index contributed by atoms with van der Waals surface area (Å²) in [5, 5.41) is 10.2. The quantitative estimate of drug-likeness (QED) is 0.745. The van der Waals surface area contributed by atoms with Crippen LogP contribution in [0.15, 0.2) is 48.5 Å². The summed E-state index contributed by atoms with van der Waals surface area (Å²) >= 11 is 0. The molecule has 0 aliphatic carbocycles. The number of ether oxygens (including phenoxy) is 2. The van der Waals surface area contributed by atoms with Crippen LogP contribution in [0.3, 0.4) is 0 Å². The van der Waals surface area contributed by atoms with E-state index in [-0.39, 0.29) is 5.91 Å². The number of methoxy groups -OCH3 is 2. The van der Waals surface area contributed by atoms with Crippen molar-refractivity contribution in [3.63, 3.8) is 0 Å². The molecule has 6 nitrogen and oxygen atoms in total. The van der Waals surface area contributed by atoms with Crippen molar-refractivity contribution in [3.05, 3.63) is 59.8 Å². The molecule has 0 aliphatic rings. The average Bonchev–Trinajstić information content (AvgIpc) is 3.02. The zero-order valence-electron chi connectivity index (χ0n) is 14.3. The fraction of sp³-hybridized carbons (Fsp3) is 0.158. The standard InChI is InChI=1S/C19H19N3O3/c1-12-17(18(22-21-12)13-7-5-4-6-8-13)20-19(23)14-9-15(24-2)11-16(10-14)25-3/h4-11H,1-3H3,(H,20,23)(H,21,22). The molecule has 0 saturated heterocycles. The molecule has 2 aromatic carbocycles. The molecule has 0 bridgehead atoms. The number of nitrogens with one attached hydrogen (secondary N) is 2. The molecule has 0 saturated carbocycles. The molecule has 128 valence electrons. The molecule has 0 spiro atoms. The summed E-state index contributed by atoms with van der Waals surface area (Å²) in [6.45, 7) is 1.86. The van der Waals surface area contributed by atoms with Gasteiger partial charge < -0.3 is 14.8 Å².